The molecule has 278 valence electrons. The van der Waals surface area contributed by atoms with Gasteiger partial charge >= 0.3 is 12.3 Å². The number of allylic oxidation sites excluding steroid dienone is 3. The lowest BCUT2D eigenvalue weighted by molar-refractivity contribution is -0.121. The van der Waals surface area contributed by atoms with Crippen molar-refractivity contribution in [2.45, 2.75) is 96.8 Å². The zero-order valence-corrected chi connectivity index (χ0v) is 30.2. The predicted octanol–water partition coefficient (Wildman–Crippen LogP) is 8.54. The number of alkyl carbamates (subject to hydrolysis) is 1. The molecule has 0 saturated carbocycles. The lowest BCUT2D eigenvalue weighted by Crippen LogP contribution is -2.50. The first-order chi connectivity index (χ1) is 24.1. The highest BCUT2D eigenvalue weighted by atomic mass is 19.4. The highest BCUT2D eigenvalue weighted by Gasteiger charge is 2.44. The molecule has 0 fully saturated rings. The minimum Gasteiger partial charge on any atom is -0.444 e. The van der Waals surface area contributed by atoms with Crippen molar-refractivity contribution in [1.29, 1.82) is 5.26 Å². The molecule has 2 aromatic carbocycles. The van der Waals surface area contributed by atoms with Crippen molar-refractivity contribution >= 4 is 23.4 Å². The van der Waals surface area contributed by atoms with Crippen molar-refractivity contribution in [2.75, 3.05) is 16.8 Å². The first-order valence-corrected chi connectivity index (χ1v) is 16.4. The summed E-state index contributed by atoms with van der Waals surface area (Å²) in [6, 6.07) is 9.25. The van der Waals surface area contributed by atoms with Crippen LogP contribution >= 0.6 is 0 Å². The lowest BCUT2D eigenvalue weighted by atomic mass is 9.90. The SMILES string of the molecule is CC/C=C(/C=C\N(C)c1ccc(CN2C(=O)[C@H](NC(=O)OC(C)(C)C)CC(C)(F)c3cc(F)c(-c4nnc(C(C)(C)C#N)o4)cc32)cc1)C(F)(F)F. The molecule has 0 radical (unpaired) electrons. The molecule has 1 aliphatic heterocycles. The minimum absolute atomic E-state index is 0.0364. The molecule has 2 atom stereocenters. The van der Waals surface area contributed by atoms with Crippen LogP contribution in [0.5, 0.6) is 0 Å². The van der Waals surface area contributed by atoms with Gasteiger partial charge in [-0.15, -0.1) is 10.2 Å². The van der Waals surface area contributed by atoms with Gasteiger partial charge in [-0.1, -0.05) is 25.1 Å². The first-order valence-electron chi connectivity index (χ1n) is 16.4. The van der Waals surface area contributed by atoms with E-state index in [1.54, 1.807) is 59.0 Å². The molecule has 0 aliphatic carbocycles. The number of hydrogen-bond donors (Lipinski definition) is 1. The lowest BCUT2D eigenvalue weighted by Gasteiger charge is -2.27. The number of carbonyl (C=O) groups is 2. The van der Waals surface area contributed by atoms with Gasteiger partial charge in [0.2, 0.25) is 11.8 Å². The van der Waals surface area contributed by atoms with Crippen LogP contribution in [0, 0.1) is 17.1 Å². The van der Waals surface area contributed by atoms with Crippen molar-refractivity contribution in [3.05, 3.63) is 83.2 Å². The van der Waals surface area contributed by atoms with E-state index < -0.39 is 58.7 Å². The van der Waals surface area contributed by atoms with E-state index in [0.29, 0.717) is 11.3 Å². The first kappa shape index (κ1) is 39.5. The van der Waals surface area contributed by atoms with Crippen LogP contribution in [0.25, 0.3) is 11.5 Å². The second-order valence-corrected chi connectivity index (χ2v) is 14.2. The number of benzene rings is 2. The van der Waals surface area contributed by atoms with Crippen molar-refractivity contribution in [3.63, 3.8) is 0 Å². The van der Waals surface area contributed by atoms with Crippen molar-refractivity contribution in [3.8, 4) is 17.5 Å². The summed E-state index contributed by atoms with van der Waals surface area (Å²) in [4.78, 5) is 29.8. The topological polar surface area (TPSA) is 125 Å². The zero-order chi connectivity index (χ0) is 38.8. The Hall–Kier alpha value is -5.26. The number of hydrogen-bond acceptors (Lipinski definition) is 8. The Kier molecular flexibility index (Phi) is 11.2. The maximum absolute atomic E-state index is 16.6. The molecule has 1 N–H and O–H groups in total. The third-order valence-electron chi connectivity index (χ3n) is 8.16. The van der Waals surface area contributed by atoms with Crippen LogP contribution in [-0.2, 0) is 27.2 Å². The predicted molar refractivity (Wildman–Crippen MR) is 184 cm³/mol. The van der Waals surface area contributed by atoms with E-state index in [4.69, 9.17) is 9.15 Å². The molecule has 15 heteroatoms. The highest BCUT2D eigenvalue weighted by molar-refractivity contribution is 6.01. The van der Waals surface area contributed by atoms with Crippen molar-refractivity contribution < 1.29 is 40.7 Å². The van der Waals surface area contributed by atoms with Crippen LogP contribution in [0.4, 0.5) is 38.1 Å². The van der Waals surface area contributed by atoms with Gasteiger partial charge in [-0.2, -0.15) is 18.4 Å². The second-order valence-electron chi connectivity index (χ2n) is 14.2. The maximum atomic E-state index is 16.6. The highest BCUT2D eigenvalue weighted by Crippen LogP contribution is 2.44. The summed E-state index contributed by atoms with van der Waals surface area (Å²) < 4.78 is 83.5. The molecule has 0 saturated heterocycles. The Bertz CT molecular complexity index is 1900. The number of aromatic nitrogens is 2. The van der Waals surface area contributed by atoms with Gasteiger partial charge in [-0.05, 0) is 83.9 Å². The normalized spacial score (nSPS) is 18.5. The molecule has 0 bridgehead atoms. The molecule has 4 rings (SSSR count). The van der Waals surface area contributed by atoms with E-state index in [-0.39, 0.29) is 41.6 Å². The quantitative estimate of drug-likeness (QED) is 0.172. The number of nitrogens with one attached hydrogen (secondary N) is 1. The number of carbonyl (C=O) groups excluding carboxylic acids is 2. The Morgan fingerprint density at radius 3 is 2.40 bits per heavy atom. The van der Waals surface area contributed by atoms with Gasteiger partial charge in [0.1, 0.15) is 28.5 Å². The molecule has 10 nitrogen and oxygen atoms in total. The van der Waals surface area contributed by atoms with Gasteiger partial charge in [-0.3, -0.25) is 4.79 Å². The number of nitrogens with zero attached hydrogens (tertiary/aromatic N) is 5. The smallest absolute Gasteiger partial charge is 0.416 e. The molecule has 1 aromatic heterocycles. The summed E-state index contributed by atoms with van der Waals surface area (Å²) in [5, 5.41) is 19.8. The van der Waals surface area contributed by atoms with Crippen LogP contribution in [0.2, 0.25) is 0 Å². The molecule has 0 spiro atoms. The van der Waals surface area contributed by atoms with E-state index in [0.717, 1.165) is 18.2 Å². The van der Waals surface area contributed by atoms with Gasteiger partial charge in [0.25, 0.3) is 5.89 Å². The maximum Gasteiger partial charge on any atom is 0.416 e. The number of rotatable bonds is 9. The fourth-order valence-corrected chi connectivity index (χ4v) is 5.41. The van der Waals surface area contributed by atoms with Crippen LogP contribution in [0.3, 0.4) is 0 Å². The van der Waals surface area contributed by atoms with Gasteiger partial charge in [0.05, 0.1) is 29.4 Å². The third-order valence-corrected chi connectivity index (χ3v) is 8.16. The van der Waals surface area contributed by atoms with Crippen LogP contribution < -0.4 is 15.1 Å². The second kappa shape index (κ2) is 14.8. The summed E-state index contributed by atoms with van der Waals surface area (Å²) >= 11 is 0. The number of alkyl halides is 4. The van der Waals surface area contributed by atoms with E-state index in [1.165, 1.54) is 42.8 Å². The van der Waals surface area contributed by atoms with E-state index in [2.05, 4.69) is 15.5 Å². The zero-order valence-electron chi connectivity index (χ0n) is 30.2. The van der Waals surface area contributed by atoms with Gasteiger partial charge < -0.3 is 24.3 Å². The van der Waals surface area contributed by atoms with Crippen molar-refractivity contribution in [2.24, 2.45) is 0 Å². The van der Waals surface area contributed by atoms with Crippen molar-refractivity contribution in [1.82, 2.24) is 15.5 Å². The molecule has 2 heterocycles. The van der Waals surface area contributed by atoms with E-state index in [9.17, 15) is 28.0 Å². The monoisotopic (exact) mass is 728 g/mol. The molecule has 1 aliphatic rings. The molecule has 52 heavy (non-hydrogen) atoms. The van der Waals surface area contributed by atoms with Crippen LogP contribution in [0.15, 0.2) is 64.7 Å². The summed E-state index contributed by atoms with van der Waals surface area (Å²) in [5.74, 6) is -2.04. The van der Waals surface area contributed by atoms with Gasteiger partial charge in [-0.25, -0.2) is 13.6 Å². The average molecular weight is 729 g/mol. The largest absolute Gasteiger partial charge is 0.444 e. The Morgan fingerprint density at radius 2 is 1.83 bits per heavy atom. The van der Waals surface area contributed by atoms with E-state index in [1.807, 2.05) is 6.07 Å². The molecule has 2 amide bonds. The van der Waals surface area contributed by atoms with E-state index >= 15 is 8.78 Å². The molecular formula is C37H41F5N6O4. The Morgan fingerprint density at radius 1 is 1.17 bits per heavy atom. The minimum atomic E-state index is -4.51. The molecule has 3 aromatic rings. The number of nitriles is 1. The summed E-state index contributed by atoms with van der Waals surface area (Å²) in [5.41, 5.74) is -4.69. The summed E-state index contributed by atoms with van der Waals surface area (Å²) in [6.45, 7) is 10.5. The Labute approximate surface area is 298 Å². The molecule has 1 unspecified atom stereocenters. The van der Waals surface area contributed by atoms with Gasteiger partial charge in [0, 0.05) is 30.9 Å². The molecular weight excluding hydrogens is 687 g/mol. The summed E-state index contributed by atoms with van der Waals surface area (Å²) in [7, 11) is 1.58. The number of ether oxygens (including phenoxy) is 1. The number of halogens is 5. The average Bonchev–Trinajstić information content (AvgIpc) is 3.52. The standard InChI is InChI=1S/C37H41F5N6O4/c1-9-10-23(37(40,41)42)15-16-47(8)24-13-11-22(12-14-24)20-48-29-17-25(30-45-46-32(51-30)35(5,6)21-43)27(38)18-26(29)36(7,39)19-28(31(48)49)44-33(50)52-34(2,3)4/h10-18,28H,9,19-20H2,1-8H3,(H,44,50)/b16-15-,23-10-/t28-,36?/m1/s1. The number of fused-ring (bicyclic) bond motifs is 1. The summed E-state index contributed by atoms with van der Waals surface area (Å²) in [6.07, 6.45) is -2.49. The van der Waals surface area contributed by atoms with Crippen LogP contribution in [-0.4, -0.2) is 47.1 Å². The fraction of sp³-hybridized carbons (Fsp3) is 0.432. The van der Waals surface area contributed by atoms with Gasteiger partial charge in [0.15, 0.2) is 0 Å². The number of anilines is 2. The third kappa shape index (κ3) is 9.15. The fourth-order valence-electron chi connectivity index (χ4n) is 5.41. The van der Waals surface area contributed by atoms with Crippen LogP contribution in [0.1, 0.15) is 78.3 Å². The number of amides is 2. The Balaban J connectivity index is 1.77.